The van der Waals surface area contributed by atoms with Crippen LogP contribution in [0.3, 0.4) is 0 Å². The van der Waals surface area contributed by atoms with Crippen LogP contribution in [0.4, 0.5) is 5.69 Å². The molecule has 0 saturated heterocycles. The summed E-state index contributed by atoms with van der Waals surface area (Å²) in [5.74, 6) is 0. The Balaban J connectivity index is 2.78. The zero-order valence-corrected chi connectivity index (χ0v) is 9.15. The van der Waals surface area contributed by atoms with Gasteiger partial charge in [-0.25, -0.2) is 4.21 Å². The molecule has 0 aromatic heterocycles. The summed E-state index contributed by atoms with van der Waals surface area (Å²) in [5, 5.41) is 2.96. The van der Waals surface area contributed by atoms with Gasteiger partial charge in [-0.3, -0.25) is 4.18 Å². The second-order valence-corrected chi connectivity index (χ2v) is 4.13. The minimum Gasteiger partial charge on any atom is -0.376 e. The Morgan fingerprint density at radius 2 is 2.07 bits per heavy atom. The zero-order valence-electron chi connectivity index (χ0n) is 7.52. The largest absolute Gasteiger partial charge is 0.376 e. The number of thiocarbonyl (C=S) groups is 1. The SMILES string of the molecule is COS(=O)c1ccc(NC(N)=S)cc1. The molecule has 0 aliphatic heterocycles. The normalized spacial score (nSPS) is 12.1. The summed E-state index contributed by atoms with van der Waals surface area (Å²) in [6.07, 6.45) is 0. The van der Waals surface area contributed by atoms with E-state index in [-0.39, 0.29) is 5.11 Å². The molecule has 0 heterocycles. The predicted octanol–water partition coefficient (Wildman–Crippen LogP) is 1.01. The number of benzene rings is 1. The fourth-order valence-electron chi connectivity index (χ4n) is 0.888. The third-order valence-electron chi connectivity index (χ3n) is 1.47. The first kappa shape index (κ1) is 11.1. The molecule has 3 N–H and O–H groups in total. The molecule has 0 amide bonds. The van der Waals surface area contributed by atoms with Crippen molar-refractivity contribution in [3.8, 4) is 0 Å². The number of nitrogens with one attached hydrogen (secondary N) is 1. The minimum absolute atomic E-state index is 0.200. The van der Waals surface area contributed by atoms with Crippen LogP contribution < -0.4 is 11.1 Å². The Labute approximate surface area is 90.1 Å². The first-order chi connectivity index (χ1) is 6.63. The Kier molecular flexibility index (Phi) is 3.99. The summed E-state index contributed by atoms with van der Waals surface area (Å²) in [6, 6.07) is 6.82. The summed E-state index contributed by atoms with van der Waals surface area (Å²) in [7, 11) is 1.39. The fourth-order valence-corrected chi connectivity index (χ4v) is 1.56. The lowest BCUT2D eigenvalue weighted by Crippen LogP contribution is -2.18. The van der Waals surface area contributed by atoms with E-state index in [9.17, 15) is 4.21 Å². The van der Waals surface area contributed by atoms with Crippen molar-refractivity contribution in [1.82, 2.24) is 0 Å². The third kappa shape index (κ3) is 3.06. The van der Waals surface area contributed by atoms with Crippen molar-refractivity contribution in [2.24, 2.45) is 5.73 Å². The quantitative estimate of drug-likeness (QED) is 0.759. The lowest BCUT2D eigenvalue weighted by molar-refractivity contribution is 0.446. The molecule has 76 valence electrons. The highest BCUT2D eigenvalue weighted by Gasteiger charge is 2.01. The predicted molar refractivity (Wildman–Crippen MR) is 60.3 cm³/mol. The smallest absolute Gasteiger partial charge is 0.188 e. The van der Waals surface area contributed by atoms with Crippen LogP contribution in [0.5, 0.6) is 0 Å². The molecule has 0 saturated carbocycles. The molecule has 0 fully saturated rings. The van der Waals surface area contributed by atoms with Gasteiger partial charge in [-0.1, -0.05) is 0 Å². The van der Waals surface area contributed by atoms with Gasteiger partial charge in [-0.05, 0) is 36.5 Å². The zero-order chi connectivity index (χ0) is 10.6. The van der Waals surface area contributed by atoms with Gasteiger partial charge in [0, 0.05) is 5.69 Å². The summed E-state index contributed by atoms with van der Waals surface area (Å²) in [5.41, 5.74) is 6.04. The van der Waals surface area contributed by atoms with E-state index in [1.807, 2.05) is 0 Å². The van der Waals surface area contributed by atoms with Crippen molar-refractivity contribution in [2.45, 2.75) is 4.90 Å². The van der Waals surface area contributed by atoms with Crippen LogP contribution in [0.25, 0.3) is 0 Å². The molecule has 1 unspecified atom stereocenters. The maximum absolute atomic E-state index is 11.2. The van der Waals surface area contributed by atoms with Crippen molar-refractivity contribution < 1.29 is 8.39 Å². The molecule has 0 radical (unpaired) electrons. The van der Waals surface area contributed by atoms with Crippen molar-refractivity contribution >= 4 is 34.1 Å². The van der Waals surface area contributed by atoms with E-state index in [0.29, 0.717) is 4.90 Å². The highest BCUT2D eigenvalue weighted by atomic mass is 32.2. The topological polar surface area (TPSA) is 64.3 Å². The molecular formula is C8H10N2O2S2. The molecular weight excluding hydrogens is 220 g/mol. The molecule has 1 aromatic rings. The van der Waals surface area contributed by atoms with Crippen LogP contribution in [0.1, 0.15) is 0 Å². The molecule has 0 aliphatic carbocycles. The Morgan fingerprint density at radius 3 is 2.50 bits per heavy atom. The van der Waals surface area contributed by atoms with Gasteiger partial charge < -0.3 is 11.1 Å². The first-order valence-electron chi connectivity index (χ1n) is 3.76. The Morgan fingerprint density at radius 1 is 1.50 bits per heavy atom. The molecule has 6 heteroatoms. The standard InChI is InChI=1S/C8H10N2O2S2/c1-12-14(11)7-4-2-6(3-5-7)10-8(9)13/h2-5H,1H3,(H3,9,10,13). The van der Waals surface area contributed by atoms with E-state index in [2.05, 4.69) is 21.7 Å². The lowest BCUT2D eigenvalue weighted by atomic mass is 10.3. The van der Waals surface area contributed by atoms with Gasteiger partial charge in [0.25, 0.3) is 0 Å². The monoisotopic (exact) mass is 230 g/mol. The van der Waals surface area contributed by atoms with Crippen molar-refractivity contribution in [2.75, 3.05) is 12.4 Å². The highest BCUT2D eigenvalue weighted by Crippen LogP contribution is 2.12. The van der Waals surface area contributed by atoms with Gasteiger partial charge in [0.15, 0.2) is 16.2 Å². The van der Waals surface area contributed by atoms with Gasteiger partial charge in [0.1, 0.15) is 0 Å². The number of nitrogens with two attached hydrogens (primary N) is 1. The summed E-state index contributed by atoms with van der Waals surface area (Å²) < 4.78 is 15.8. The van der Waals surface area contributed by atoms with E-state index in [1.165, 1.54) is 7.11 Å². The molecule has 1 aromatic carbocycles. The van der Waals surface area contributed by atoms with Crippen LogP contribution in [-0.2, 0) is 15.3 Å². The number of anilines is 1. The number of hydrogen-bond acceptors (Lipinski definition) is 3. The van der Waals surface area contributed by atoms with E-state index in [1.54, 1.807) is 24.3 Å². The average molecular weight is 230 g/mol. The molecule has 14 heavy (non-hydrogen) atoms. The van der Waals surface area contributed by atoms with Crippen molar-refractivity contribution in [3.05, 3.63) is 24.3 Å². The Bertz CT molecular complexity index is 351. The Hall–Kier alpha value is -0.980. The first-order valence-corrected chi connectivity index (χ1v) is 5.24. The van der Waals surface area contributed by atoms with Crippen molar-refractivity contribution in [3.63, 3.8) is 0 Å². The van der Waals surface area contributed by atoms with E-state index < -0.39 is 11.1 Å². The van der Waals surface area contributed by atoms with E-state index in [0.717, 1.165) is 5.69 Å². The maximum Gasteiger partial charge on any atom is 0.188 e. The van der Waals surface area contributed by atoms with Crippen LogP contribution in [-0.4, -0.2) is 16.4 Å². The summed E-state index contributed by atoms with van der Waals surface area (Å²) in [6.45, 7) is 0. The molecule has 0 spiro atoms. The van der Waals surface area contributed by atoms with Gasteiger partial charge >= 0.3 is 0 Å². The number of rotatable bonds is 3. The van der Waals surface area contributed by atoms with E-state index >= 15 is 0 Å². The van der Waals surface area contributed by atoms with Crippen LogP contribution in [0.15, 0.2) is 29.2 Å². The van der Waals surface area contributed by atoms with Crippen LogP contribution in [0.2, 0.25) is 0 Å². The second-order valence-electron chi connectivity index (χ2n) is 2.42. The summed E-state index contributed by atoms with van der Waals surface area (Å²) in [4.78, 5) is 0.598. The second kappa shape index (κ2) is 5.04. The highest BCUT2D eigenvalue weighted by molar-refractivity contribution is 7.80. The third-order valence-corrected chi connectivity index (χ3v) is 2.53. The summed E-state index contributed by atoms with van der Waals surface area (Å²) >= 11 is 3.26. The molecule has 4 nitrogen and oxygen atoms in total. The molecule has 1 atom stereocenters. The van der Waals surface area contributed by atoms with Gasteiger partial charge in [-0.2, -0.15) is 0 Å². The molecule has 1 rings (SSSR count). The molecule has 0 aliphatic rings. The number of hydrogen-bond donors (Lipinski definition) is 2. The van der Waals surface area contributed by atoms with Crippen LogP contribution >= 0.6 is 12.2 Å². The van der Waals surface area contributed by atoms with Gasteiger partial charge in [-0.15, -0.1) is 0 Å². The fraction of sp³-hybridized carbons (Fsp3) is 0.125. The van der Waals surface area contributed by atoms with Crippen molar-refractivity contribution in [1.29, 1.82) is 0 Å². The average Bonchev–Trinajstić information content (AvgIpc) is 2.17. The molecule has 0 bridgehead atoms. The van der Waals surface area contributed by atoms with E-state index in [4.69, 9.17) is 5.73 Å². The lowest BCUT2D eigenvalue weighted by Gasteiger charge is -2.04. The maximum atomic E-state index is 11.2. The van der Waals surface area contributed by atoms with Gasteiger partial charge in [0.2, 0.25) is 0 Å². The minimum atomic E-state index is -1.40. The van der Waals surface area contributed by atoms with Crippen LogP contribution in [0, 0.1) is 0 Å². The van der Waals surface area contributed by atoms with Gasteiger partial charge in [0.05, 0.1) is 12.0 Å².